The van der Waals surface area contributed by atoms with Crippen LogP contribution in [0, 0.1) is 0 Å². The molecule has 25 heavy (non-hydrogen) atoms. The number of rotatable bonds is 4. The molecular weight excluding hydrogens is 316 g/mol. The molecule has 0 unspecified atom stereocenters. The Balaban J connectivity index is 1.87. The summed E-state index contributed by atoms with van der Waals surface area (Å²) >= 11 is 0. The Morgan fingerprint density at radius 3 is 2.64 bits per heavy atom. The summed E-state index contributed by atoms with van der Waals surface area (Å²) in [5, 5.41) is 12.9. The fraction of sp³-hybridized carbons (Fsp3) is 0.222. The average Bonchev–Trinajstić information content (AvgIpc) is 3.06. The Morgan fingerprint density at radius 1 is 1.08 bits per heavy atom. The topological polar surface area (TPSA) is 68.3 Å². The van der Waals surface area contributed by atoms with E-state index in [-0.39, 0.29) is 5.56 Å². The Hall–Kier alpha value is -3.06. The lowest BCUT2D eigenvalue weighted by atomic mass is 10.1. The van der Waals surface area contributed by atoms with Crippen molar-refractivity contribution in [3.8, 4) is 11.1 Å². The summed E-state index contributed by atoms with van der Waals surface area (Å²) in [5.74, 6) is 0. The summed E-state index contributed by atoms with van der Waals surface area (Å²) in [4.78, 5) is 14.7. The second kappa shape index (κ2) is 6.10. The van der Waals surface area contributed by atoms with Crippen LogP contribution in [0.1, 0.15) is 0 Å². The van der Waals surface area contributed by atoms with Crippen LogP contribution in [0.4, 0.5) is 0 Å². The van der Waals surface area contributed by atoms with Crippen LogP contribution in [0.2, 0.25) is 0 Å². The molecule has 0 radical (unpaired) electrons. The highest BCUT2D eigenvalue weighted by Crippen LogP contribution is 2.23. The average molecular weight is 334 g/mol. The van der Waals surface area contributed by atoms with Gasteiger partial charge in [-0.25, -0.2) is 4.52 Å². The molecule has 0 N–H and O–H groups in total. The molecule has 0 aliphatic carbocycles. The number of likely N-dealkylation sites (N-methyl/N-ethyl adjacent to an activating group) is 1. The molecule has 0 saturated carbocycles. The molecule has 4 rings (SSSR count). The number of hydrogen-bond acceptors (Lipinski definition) is 5. The Kier molecular flexibility index (Phi) is 3.77. The Bertz CT molecular complexity index is 1100. The number of fused-ring (bicyclic) bond motifs is 3. The van der Waals surface area contributed by atoms with Gasteiger partial charge in [0.25, 0.3) is 5.56 Å². The monoisotopic (exact) mass is 334 g/mol. The molecule has 0 atom stereocenters. The predicted octanol–water partition coefficient (Wildman–Crippen LogP) is 1.67. The number of benzene rings is 1. The second-order valence-corrected chi connectivity index (χ2v) is 6.21. The second-order valence-electron chi connectivity index (χ2n) is 6.21. The quantitative estimate of drug-likeness (QED) is 0.568. The van der Waals surface area contributed by atoms with Crippen molar-refractivity contribution in [2.45, 2.75) is 6.54 Å². The van der Waals surface area contributed by atoms with E-state index in [0.29, 0.717) is 23.2 Å². The molecule has 0 spiro atoms. The molecule has 7 nitrogen and oxygen atoms in total. The molecule has 0 saturated heterocycles. The molecule has 0 aliphatic heterocycles. The van der Waals surface area contributed by atoms with Gasteiger partial charge in [-0.1, -0.05) is 30.3 Å². The van der Waals surface area contributed by atoms with E-state index < -0.39 is 0 Å². The van der Waals surface area contributed by atoms with Gasteiger partial charge in [0.2, 0.25) is 0 Å². The third-order valence-electron chi connectivity index (χ3n) is 4.21. The lowest BCUT2D eigenvalue weighted by molar-refractivity contribution is 0.381. The zero-order valence-corrected chi connectivity index (χ0v) is 14.1. The molecule has 4 aromatic rings. The van der Waals surface area contributed by atoms with Crippen LogP contribution < -0.4 is 5.56 Å². The number of hydrogen-bond donors (Lipinski definition) is 0. The van der Waals surface area contributed by atoms with E-state index in [2.05, 4.69) is 15.3 Å². The van der Waals surface area contributed by atoms with Crippen molar-refractivity contribution in [3.05, 3.63) is 59.1 Å². The van der Waals surface area contributed by atoms with Crippen molar-refractivity contribution in [2.75, 3.05) is 20.6 Å². The van der Waals surface area contributed by atoms with Crippen molar-refractivity contribution < 1.29 is 0 Å². The molecule has 0 amide bonds. The fourth-order valence-corrected chi connectivity index (χ4v) is 2.83. The van der Waals surface area contributed by atoms with E-state index in [1.807, 2.05) is 55.4 Å². The van der Waals surface area contributed by atoms with Crippen LogP contribution in [0.3, 0.4) is 0 Å². The standard InChI is InChI=1S/C18H18N6O/c1-22(2)10-11-23-9-8-15-16(18(23)25)20-21-17-14(12-19-24(15)17)13-6-4-3-5-7-13/h3-9,12H,10-11H2,1-2H3. The Labute approximate surface area is 144 Å². The number of pyridine rings is 1. The van der Waals surface area contributed by atoms with Crippen molar-refractivity contribution >= 4 is 16.7 Å². The van der Waals surface area contributed by atoms with Crippen molar-refractivity contribution in [3.63, 3.8) is 0 Å². The first kappa shape index (κ1) is 15.5. The largest absolute Gasteiger partial charge is 0.312 e. The van der Waals surface area contributed by atoms with Crippen LogP contribution in [-0.4, -0.2) is 49.9 Å². The van der Waals surface area contributed by atoms with Crippen LogP contribution in [0.15, 0.2) is 53.6 Å². The molecule has 126 valence electrons. The predicted molar refractivity (Wildman–Crippen MR) is 96.5 cm³/mol. The SMILES string of the molecule is CN(C)CCn1ccc2c(nnc3c(-c4ccccc4)cnn32)c1=O. The summed E-state index contributed by atoms with van der Waals surface area (Å²) < 4.78 is 3.34. The van der Waals surface area contributed by atoms with Crippen LogP contribution in [0.25, 0.3) is 27.8 Å². The lowest BCUT2D eigenvalue weighted by Crippen LogP contribution is -2.27. The van der Waals surface area contributed by atoms with Gasteiger partial charge >= 0.3 is 0 Å². The van der Waals surface area contributed by atoms with Gasteiger partial charge in [-0.15, -0.1) is 10.2 Å². The minimum Gasteiger partial charge on any atom is -0.312 e. The van der Waals surface area contributed by atoms with Crippen molar-refractivity contribution in [1.82, 2.24) is 29.3 Å². The zero-order valence-electron chi connectivity index (χ0n) is 14.1. The summed E-state index contributed by atoms with van der Waals surface area (Å²) in [7, 11) is 3.95. The molecule has 0 bridgehead atoms. The minimum atomic E-state index is -0.148. The van der Waals surface area contributed by atoms with Gasteiger partial charge < -0.3 is 9.47 Å². The summed E-state index contributed by atoms with van der Waals surface area (Å²) in [6.07, 6.45) is 3.55. The maximum atomic E-state index is 12.7. The van der Waals surface area contributed by atoms with Gasteiger partial charge in [-0.05, 0) is 25.7 Å². The number of nitrogens with zero attached hydrogens (tertiary/aromatic N) is 6. The van der Waals surface area contributed by atoms with E-state index in [0.717, 1.165) is 17.7 Å². The van der Waals surface area contributed by atoms with Gasteiger partial charge in [0.05, 0.1) is 6.20 Å². The zero-order chi connectivity index (χ0) is 17.4. The molecular formula is C18H18N6O. The van der Waals surface area contributed by atoms with Gasteiger partial charge in [0.1, 0.15) is 5.52 Å². The van der Waals surface area contributed by atoms with E-state index in [9.17, 15) is 4.79 Å². The third kappa shape index (κ3) is 2.68. The lowest BCUT2D eigenvalue weighted by Gasteiger charge is -2.11. The summed E-state index contributed by atoms with van der Waals surface area (Å²) in [6.45, 7) is 1.39. The Morgan fingerprint density at radius 2 is 1.88 bits per heavy atom. The van der Waals surface area contributed by atoms with E-state index in [1.165, 1.54) is 0 Å². The third-order valence-corrected chi connectivity index (χ3v) is 4.21. The highest BCUT2D eigenvalue weighted by Gasteiger charge is 2.14. The van der Waals surface area contributed by atoms with Gasteiger partial charge in [0.15, 0.2) is 11.2 Å². The van der Waals surface area contributed by atoms with E-state index in [4.69, 9.17) is 0 Å². The first-order chi connectivity index (χ1) is 12.1. The normalized spacial score (nSPS) is 11.6. The molecule has 1 aromatic carbocycles. The van der Waals surface area contributed by atoms with E-state index >= 15 is 0 Å². The van der Waals surface area contributed by atoms with Crippen molar-refractivity contribution in [2.24, 2.45) is 0 Å². The molecule has 0 fully saturated rings. The smallest absolute Gasteiger partial charge is 0.280 e. The molecule has 3 heterocycles. The summed E-state index contributed by atoms with van der Waals surface area (Å²) in [6, 6.07) is 11.8. The highest BCUT2D eigenvalue weighted by atomic mass is 16.1. The first-order valence-corrected chi connectivity index (χ1v) is 8.09. The van der Waals surface area contributed by atoms with Gasteiger partial charge in [0, 0.05) is 24.8 Å². The molecule has 3 aromatic heterocycles. The first-order valence-electron chi connectivity index (χ1n) is 8.09. The highest BCUT2D eigenvalue weighted by molar-refractivity contribution is 5.82. The molecule has 7 heteroatoms. The fourth-order valence-electron chi connectivity index (χ4n) is 2.83. The summed E-state index contributed by atoms with van der Waals surface area (Å²) in [5.41, 5.74) is 3.40. The van der Waals surface area contributed by atoms with Crippen molar-refractivity contribution in [1.29, 1.82) is 0 Å². The van der Waals surface area contributed by atoms with Crippen LogP contribution in [-0.2, 0) is 6.54 Å². The maximum Gasteiger partial charge on any atom is 0.280 e. The van der Waals surface area contributed by atoms with Gasteiger partial charge in [-0.2, -0.15) is 5.10 Å². The van der Waals surface area contributed by atoms with Gasteiger partial charge in [-0.3, -0.25) is 4.79 Å². The van der Waals surface area contributed by atoms with Crippen LogP contribution >= 0.6 is 0 Å². The maximum absolute atomic E-state index is 12.7. The van der Waals surface area contributed by atoms with Crippen LogP contribution in [0.5, 0.6) is 0 Å². The number of aromatic nitrogens is 5. The van der Waals surface area contributed by atoms with E-state index in [1.54, 1.807) is 21.5 Å². The molecule has 0 aliphatic rings. The minimum absolute atomic E-state index is 0.148.